The number of likely N-dealkylation sites (tertiary alicyclic amines) is 1. The van der Waals surface area contributed by atoms with E-state index in [1.165, 1.54) is 32.4 Å². The summed E-state index contributed by atoms with van der Waals surface area (Å²) in [4.78, 5) is 24.6. The maximum Gasteiger partial charge on any atom is 0.302 e. The summed E-state index contributed by atoms with van der Waals surface area (Å²) in [5, 5.41) is 13.3. The van der Waals surface area contributed by atoms with E-state index in [4.69, 9.17) is 0 Å². The first-order valence-corrected chi connectivity index (χ1v) is 16.9. The molecule has 3 heterocycles. The number of nitrogens with one attached hydrogen (secondary N) is 2. The van der Waals surface area contributed by atoms with E-state index in [9.17, 15) is 18.3 Å². The maximum absolute atomic E-state index is 15.5. The molecule has 1 aromatic carbocycles. The van der Waals surface area contributed by atoms with Crippen molar-refractivity contribution in [2.75, 3.05) is 38.5 Å². The smallest absolute Gasteiger partial charge is 0.302 e. The summed E-state index contributed by atoms with van der Waals surface area (Å²) in [6.07, 6.45) is 4.03. The number of rotatable bonds is 10. The molecule has 1 saturated heterocycles. The molecule has 0 saturated carbocycles. The van der Waals surface area contributed by atoms with Gasteiger partial charge in [0.1, 0.15) is 22.8 Å². The lowest BCUT2D eigenvalue weighted by Crippen LogP contribution is -2.38. The molecule has 2 aliphatic rings. The van der Waals surface area contributed by atoms with Crippen LogP contribution in [0.1, 0.15) is 72.8 Å². The molecule has 2 aromatic heterocycles. The molecule has 0 bridgehead atoms. The lowest BCUT2D eigenvalue weighted by atomic mass is 9.77. The van der Waals surface area contributed by atoms with Crippen molar-refractivity contribution in [3.05, 3.63) is 64.7 Å². The number of alkyl halides is 1. The van der Waals surface area contributed by atoms with Gasteiger partial charge >= 0.3 is 10.2 Å². The number of nitrogens with zero attached hydrogens (tertiary/aromatic N) is 4. The van der Waals surface area contributed by atoms with Gasteiger partial charge in [-0.1, -0.05) is 19.9 Å². The van der Waals surface area contributed by atoms with Gasteiger partial charge in [-0.2, -0.15) is 12.7 Å². The Morgan fingerprint density at radius 1 is 1.20 bits per heavy atom. The van der Waals surface area contributed by atoms with Crippen LogP contribution in [0.2, 0.25) is 0 Å². The monoisotopic (exact) mass is 644 g/mol. The summed E-state index contributed by atoms with van der Waals surface area (Å²) < 4.78 is 58.7. The van der Waals surface area contributed by atoms with E-state index in [2.05, 4.69) is 24.9 Å². The average molecular weight is 645 g/mol. The quantitative estimate of drug-likeness (QED) is 0.303. The van der Waals surface area contributed by atoms with Crippen LogP contribution in [0.4, 0.5) is 14.6 Å². The summed E-state index contributed by atoms with van der Waals surface area (Å²) in [5.74, 6) is -1.15. The highest BCUT2D eigenvalue weighted by Crippen LogP contribution is 2.38. The van der Waals surface area contributed by atoms with Gasteiger partial charge < -0.3 is 15.3 Å². The normalized spacial score (nSPS) is 20.4. The highest BCUT2D eigenvalue weighted by Gasteiger charge is 2.38. The molecule has 1 unspecified atom stereocenters. The van der Waals surface area contributed by atoms with E-state index in [0.717, 1.165) is 23.0 Å². The number of hydrogen-bond donors (Lipinski definition) is 3. The highest BCUT2D eigenvalue weighted by molar-refractivity contribution is 7.90. The molecule has 2 atom stereocenters. The Labute approximate surface area is 263 Å². The summed E-state index contributed by atoms with van der Waals surface area (Å²) in [5.41, 5.74) is 1.00. The fourth-order valence-electron chi connectivity index (χ4n) is 5.96. The number of aromatic nitrogens is 2. The SMILES string of the molecule is CC(C)[C@]1(F)CCc2nc3c(F)cc(C(=O)NC(CCN4CCC(O)CC4)c4ccc(NS(=O)(=O)N(C)C)nc4)cc3cc2C1. The molecule has 5 rings (SSSR count). The number of aryl methyl sites for hydroxylation is 1. The minimum absolute atomic E-state index is 0.113. The molecule has 3 aromatic rings. The van der Waals surface area contributed by atoms with Gasteiger partial charge in [0.05, 0.1) is 12.1 Å². The first kappa shape index (κ1) is 33.1. The number of fused-ring (bicyclic) bond motifs is 2. The third-order valence-corrected chi connectivity index (χ3v) is 10.5. The molecule has 244 valence electrons. The molecule has 1 fully saturated rings. The largest absolute Gasteiger partial charge is 0.393 e. The number of aliphatic hydroxyl groups is 1. The zero-order chi connectivity index (χ0) is 32.5. The number of aliphatic hydroxyl groups excluding tert-OH is 1. The number of piperidine rings is 1. The van der Waals surface area contributed by atoms with Gasteiger partial charge in [-0.3, -0.25) is 9.52 Å². The molecular formula is C32H42F2N6O4S. The van der Waals surface area contributed by atoms with Crippen LogP contribution in [0.3, 0.4) is 0 Å². The van der Waals surface area contributed by atoms with Crippen molar-refractivity contribution in [2.45, 2.75) is 70.2 Å². The maximum atomic E-state index is 15.5. The first-order chi connectivity index (χ1) is 21.2. The van der Waals surface area contributed by atoms with Crippen molar-refractivity contribution in [2.24, 2.45) is 5.92 Å². The zero-order valence-electron chi connectivity index (χ0n) is 26.2. The van der Waals surface area contributed by atoms with Gasteiger partial charge in [0, 0.05) is 63.0 Å². The van der Waals surface area contributed by atoms with Crippen molar-refractivity contribution in [1.82, 2.24) is 24.5 Å². The number of amides is 1. The molecule has 1 aliphatic carbocycles. The highest BCUT2D eigenvalue weighted by atomic mass is 32.2. The fraction of sp³-hybridized carbons (Fsp3) is 0.531. The van der Waals surface area contributed by atoms with Crippen LogP contribution >= 0.6 is 0 Å². The second-order valence-corrected chi connectivity index (χ2v) is 14.6. The Kier molecular flexibility index (Phi) is 9.73. The van der Waals surface area contributed by atoms with Gasteiger partial charge in [-0.05, 0) is 73.4 Å². The van der Waals surface area contributed by atoms with E-state index in [0.29, 0.717) is 55.3 Å². The molecule has 0 radical (unpaired) electrons. The van der Waals surface area contributed by atoms with Gasteiger partial charge in [-0.25, -0.2) is 18.7 Å². The molecular weight excluding hydrogens is 602 g/mol. The van der Waals surface area contributed by atoms with Crippen LogP contribution < -0.4 is 10.0 Å². The number of anilines is 1. The van der Waals surface area contributed by atoms with Crippen molar-refractivity contribution in [3.63, 3.8) is 0 Å². The summed E-state index contributed by atoms with van der Waals surface area (Å²) in [7, 11) is -0.935. The number of pyridine rings is 2. The van der Waals surface area contributed by atoms with E-state index in [1.54, 1.807) is 18.2 Å². The average Bonchev–Trinajstić information content (AvgIpc) is 2.99. The zero-order valence-corrected chi connectivity index (χ0v) is 27.0. The second kappa shape index (κ2) is 13.2. The minimum atomic E-state index is -3.74. The lowest BCUT2D eigenvalue weighted by Gasteiger charge is -2.34. The number of carbonyl (C=O) groups is 1. The standard InChI is InChI=1S/C32H42F2N6O4S/c1-20(2)32(34)11-7-27-24(18-32)16-22-15-23(17-26(33)30(22)36-27)31(42)37-28(10-14-40-12-8-25(41)9-13-40)21-5-6-29(35-19-21)38-45(43,44)39(3)4/h5-6,15-17,19-20,25,28,41H,7-14,18H2,1-4H3,(H,35,38)(H,37,42)/t28?,32-/m0/s1. The molecule has 10 nitrogen and oxygen atoms in total. The predicted molar refractivity (Wildman–Crippen MR) is 169 cm³/mol. The molecule has 1 amide bonds. The Morgan fingerprint density at radius 3 is 2.58 bits per heavy atom. The Balaban J connectivity index is 1.39. The van der Waals surface area contributed by atoms with E-state index in [1.807, 2.05) is 13.8 Å². The lowest BCUT2D eigenvalue weighted by molar-refractivity contribution is 0.0794. The Bertz CT molecular complexity index is 1650. The van der Waals surface area contributed by atoms with Gasteiger partial charge in [0.15, 0.2) is 0 Å². The van der Waals surface area contributed by atoms with Crippen LogP contribution in [-0.4, -0.2) is 84.1 Å². The van der Waals surface area contributed by atoms with Gasteiger partial charge in [0.2, 0.25) is 0 Å². The molecule has 1 aliphatic heterocycles. The van der Waals surface area contributed by atoms with E-state index in [-0.39, 0.29) is 35.3 Å². The van der Waals surface area contributed by atoms with Crippen molar-refractivity contribution in [1.29, 1.82) is 0 Å². The second-order valence-electron chi connectivity index (χ2n) is 12.7. The van der Waals surface area contributed by atoms with Crippen LogP contribution in [-0.2, 0) is 23.1 Å². The number of benzene rings is 1. The van der Waals surface area contributed by atoms with E-state index >= 15 is 8.78 Å². The van der Waals surface area contributed by atoms with E-state index < -0.39 is 33.6 Å². The van der Waals surface area contributed by atoms with Crippen molar-refractivity contribution >= 4 is 32.8 Å². The summed E-state index contributed by atoms with van der Waals surface area (Å²) in [6.45, 7) is 5.82. The van der Waals surface area contributed by atoms with Gasteiger partial charge in [-0.15, -0.1) is 0 Å². The summed E-state index contributed by atoms with van der Waals surface area (Å²) >= 11 is 0. The minimum Gasteiger partial charge on any atom is -0.393 e. The summed E-state index contributed by atoms with van der Waals surface area (Å²) in [6, 6.07) is 7.22. The van der Waals surface area contributed by atoms with Crippen LogP contribution in [0.25, 0.3) is 10.9 Å². The molecule has 3 N–H and O–H groups in total. The topological polar surface area (TPSA) is 128 Å². The Hall–Kier alpha value is -3.26. The predicted octanol–water partition coefficient (Wildman–Crippen LogP) is 4.16. The number of halogens is 2. The van der Waals surface area contributed by atoms with Crippen LogP contribution in [0.15, 0.2) is 36.5 Å². The van der Waals surface area contributed by atoms with Gasteiger partial charge in [0.25, 0.3) is 5.91 Å². The molecule has 13 heteroatoms. The number of carbonyl (C=O) groups excluding carboxylic acids is 1. The third-order valence-electron chi connectivity index (χ3n) is 9.10. The first-order valence-electron chi connectivity index (χ1n) is 15.4. The van der Waals surface area contributed by atoms with Crippen LogP contribution in [0.5, 0.6) is 0 Å². The fourth-order valence-corrected chi connectivity index (χ4v) is 6.53. The Morgan fingerprint density at radius 2 is 1.93 bits per heavy atom. The van der Waals surface area contributed by atoms with Crippen molar-refractivity contribution < 1.29 is 27.1 Å². The molecule has 45 heavy (non-hydrogen) atoms. The van der Waals surface area contributed by atoms with Crippen LogP contribution in [0, 0.1) is 11.7 Å². The number of hydrogen-bond acceptors (Lipinski definition) is 7. The van der Waals surface area contributed by atoms with Crippen molar-refractivity contribution in [3.8, 4) is 0 Å². The third kappa shape index (κ3) is 7.59. The molecule has 0 spiro atoms.